The highest BCUT2D eigenvalue weighted by Crippen LogP contribution is 2.37. The Labute approximate surface area is 94.9 Å². The van der Waals surface area contributed by atoms with Crippen molar-refractivity contribution in [3.8, 4) is 0 Å². The quantitative estimate of drug-likeness (QED) is 0.792. The van der Waals surface area contributed by atoms with Gasteiger partial charge in [0.25, 0.3) is 0 Å². The van der Waals surface area contributed by atoms with Crippen molar-refractivity contribution in [3.05, 3.63) is 35.6 Å². The predicted molar refractivity (Wildman–Crippen MR) is 63.5 cm³/mol. The molecule has 2 heteroatoms. The molecule has 0 spiro atoms. The van der Waals surface area contributed by atoms with E-state index in [1.165, 1.54) is 5.56 Å². The van der Waals surface area contributed by atoms with E-state index in [1.54, 1.807) is 0 Å². The highest BCUT2D eigenvalue weighted by atomic mass is 16.3. The van der Waals surface area contributed by atoms with E-state index in [2.05, 4.69) is 25.1 Å². The molecule has 0 bridgehead atoms. The molecule has 3 rings (SSSR count). The largest absolute Gasteiger partial charge is 0.461 e. The number of rotatable bonds is 1. The number of fused-ring (bicyclic) bond motifs is 1. The third-order valence-corrected chi connectivity index (χ3v) is 3.54. The predicted octanol–water partition coefficient (Wildman–Crippen LogP) is 3.37. The van der Waals surface area contributed by atoms with Crippen LogP contribution in [0.15, 0.2) is 28.7 Å². The molecule has 0 aliphatic heterocycles. The Morgan fingerprint density at radius 2 is 2.12 bits per heavy atom. The molecule has 1 aromatic heterocycles. The Morgan fingerprint density at radius 3 is 2.88 bits per heavy atom. The van der Waals surface area contributed by atoms with Crippen molar-refractivity contribution in [2.75, 3.05) is 0 Å². The summed E-state index contributed by atoms with van der Waals surface area (Å²) in [4.78, 5) is 0. The summed E-state index contributed by atoms with van der Waals surface area (Å²) in [6, 6.07) is 8.28. The van der Waals surface area contributed by atoms with Gasteiger partial charge in [-0.25, -0.2) is 0 Å². The van der Waals surface area contributed by atoms with Crippen LogP contribution in [0.1, 0.15) is 36.5 Å². The van der Waals surface area contributed by atoms with Crippen LogP contribution in [-0.4, -0.2) is 11.2 Å². The summed E-state index contributed by atoms with van der Waals surface area (Å²) in [5.74, 6) is 1.15. The first-order valence-corrected chi connectivity index (χ1v) is 5.92. The van der Waals surface area contributed by atoms with E-state index in [-0.39, 0.29) is 12.0 Å². The second-order valence-corrected chi connectivity index (χ2v) is 4.79. The lowest BCUT2D eigenvalue weighted by Crippen LogP contribution is -2.09. The molecule has 2 aromatic rings. The van der Waals surface area contributed by atoms with E-state index < -0.39 is 0 Å². The first-order chi connectivity index (χ1) is 7.74. The summed E-state index contributed by atoms with van der Waals surface area (Å²) in [5.41, 5.74) is 2.17. The van der Waals surface area contributed by atoms with Crippen LogP contribution in [0, 0.1) is 6.92 Å². The van der Waals surface area contributed by atoms with E-state index in [0.29, 0.717) is 0 Å². The molecule has 1 aliphatic rings. The van der Waals surface area contributed by atoms with Gasteiger partial charge in [-0.1, -0.05) is 18.1 Å². The number of aryl methyl sites for hydroxylation is 1. The normalized spacial score (nSPS) is 25.4. The fraction of sp³-hybridized carbons (Fsp3) is 0.429. The number of furan rings is 1. The van der Waals surface area contributed by atoms with E-state index in [4.69, 9.17) is 4.42 Å². The van der Waals surface area contributed by atoms with Crippen molar-refractivity contribution in [1.82, 2.24) is 0 Å². The Hall–Kier alpha value is -1.28. The van der Waals surface area contributed by atoms with Crippen LogP contribution < -0.4 is 0 Å². The number of aliphatic hydroxyl groups is 1. The lowest BCUT2D eigenvalue weighted by molar-refractivity contribution is 0.155. The molecule has 2 atom stereocenters. The Kier molecular flexibility index (Phi) is 2.25. The molecule has 0 saturated heterocycles. The maximum Gasteiger partial charge on any atom is 0.134 e. The standard InChI is InChI=1S/C14H16O2/c1-9-5-6-13-10(7-9)8-14(16-13)11-3-2-4-12(11)15/h5-8,11-12,15H,2-4H2,1H3. The zero-order valence-electron chi connectivity index (χ0n) is 9.44. The van der Waals surface area contributed by atoms with Crippen molar-refractivity contribution in [3.63, 3.8) is 0 Å². The molecular formula is C14H16O2. The third-order valence-electron chi connectivity index (χ3n) is 3.54. The van der Waals surface area contributed by atoms with E-state index in [1.807, 2.05) is 6.07 Å². The maximum atomic E-state index is 9.86. The lowest BCUT2D eigenvalue weighted by Gasteiger charge is -2.10. The molecule has 2 nitrogen and oxygen atoms in total. The fourth-order valence-electron chi connectivity index (χ4n) is 2.64. The first-order valence-electron chi connectivity index (χ1n) is 5.92. The second-order valence-electron chi connectivity index (χ2n) is 4.79. The summed E-state index contributed by atoms with van der Waals surface area (Å²) in [7, 11) is 0. The highest BCUT2D eigenvalue weighted by Gasteiger charge is 2.29. The molecule has 1 N–H and O–H groups in total. The summed E-state index contributed by atoms with van der Waals surface area (Å²) >= 11 is 0. The maximum absolute atomic E-state index is 9.86. The van der Waals surface area contributed by atoms with Gasteiger partial charge in [0.15, 0.2) is 0 Å². The minimum Gasteiger partial charge on any atom is -0.461 e. The van der Waals surface area contributed by atoms with Gasteiger partial charge in [0.2, 0.25) is 0 Å². The van der Waals surface area contributed by atoms with Crippen molar-refractivity contribution < 1.29 is 9.52 Å². The van der Waals surface area contributed by atoms with Crippen LogP contribution in [0.5, 0.6) is 0 Å². The summed E-state index contributed by atoms with van der Waals surface area (Å²) in [6.45, 7) is 2.08. The fourth-order valence-corrected chi connectivity index (χ4v) is 2.64. The average Bonchev–Trinajstić information content (AvgIpc) is 2.82. The Bertz CT molecular complexity index is 512. The van der Waals surface area contributed by atoms with Gasteiger partial charge in [-0.15, -0.1) is 0 Å². The smallest absolute Gasteiger partial charge is 0.134 e. The third kappa shape index (κ3) is 1.54. The number of hydrogen-bond acceptors (Lipinski definition) is 2. The molecule has 2 unspecified atom stereocenters. The molecule has 0 radical (unpaired) electrons. The SMILES string of the molecule is Cc1ccc2oc(C3CCCC3O)cc2c1. The average molecular weight is 216 g/mol. The van der Waals surface area contributed by atoms with Crippen molar-refractivity contribution >= 4 is 11.0 Å². The van der Waals surface area contributed by atoms with Gasteiger partial charge < -0.3 is 9.52 Å². The molecule has 1 fully saturated rings. The first kappa shape index (κ1) is 9.91. The van der Waals surface area contributed by atoms with Crippen LogP contribution in [0.3, 0.4) is 0 Å². The monoisotopic (exact) mass is 216 g/mol. The molecular weight excluding hydrogens is 200 g/mol. The van der Waals surface area contributed by atoms with Crippen LogP contribution in [0.4, 0.5) is 0 Å². The minimum absolute atomic E-state index is 0.202. The Morgan fingerprint density at radius 1 is 1.25 bits per heavy atom. The van der Waals surface area contributed by atoms with Gasteiger partial charge in [0, 0.05) is 11.3 Å². The minimum atomic E-state index is -0.221. The van der Waals surface area contributed by atoms with Gasteiger partial charge in [-0.3, -0.25) is 0 Å². The molecule has 1 aliphatic carbocycles. The van der Waals surface area contributed by atoms with Crippen LogP contribution in [-0.2, 0) is 0 Å². The summed E-state index contributed by atoms with van der Waals surface area (Å²) in [5, 5.41) is 11.0. The molecule has 0 amide bonds. The van der Waals surface area contributed by atoms with Gasteiger partial charge >= 0.3 is 0 Å². The van der Waals surface area contributed by atoms with Crippen molar-refractivity contribution in [1.29, 1.82) is 0 Å². The topological polar surface area (TPSA) is 33.4 Å². The second kappa shape index (κ2) is 3.63. The van der Waals surface area contributed by atoms with E-state index in [9.17, 15) is 5.11 Å². The van der Waals surface area contributed by atoms with E-state index >= 15 is 0 Å². The van der Waals surface area contributed by atoms with Gasteiger partial charge in [0.1, 0.15) is 11.3 Å². The molecule has 1 saturated carbocycles. The van der Waals surface area contributed by atoms with E-state index in [0.717, 1.165) is 36.0 Å². The van der Waals surface area contributed by atoms with Crippen LogP contribution in [0.2, 0.25) is 0 Å². The van der Waals surface area contributed by atoms with Gasteiger partial charge in [0.05, 0.1) is 6.10 Å². The van der Waals surface area contributed by atoms with Gasteiger partial charge in [-0.2, -0.15) is 0 Å². The Balaban J connectivity index is 2.04. The number of hydrogen-bond donors (Lipinski definition) is 1. The molecule has 84 valence electrons. The molecule has 16 heavy (non-hydrogen) atoms. The van der Waals surface area contributed by atoms with Crippen molar-refractivity contribution in [2.24, 2.45) is 0 Å². The summed E-state index contributed by atoms with van der Waals surface area (Å²) < 4.78 is 5.82. The van der Waals surface area contributed by atoms with Gasteiger partial charge in [-0.05, 0) is 38.0 Å². The van der Waals surface area contributed by atoms with Crippen LogP contribution in [0.25, 0.3) is 11.0 Å². The molecule has 1 aromatic carbocycles. The number of aliphatic hydroxyl groups excluding tert-OH is 1. The zero-order chi connectivity index (χ0) is 11.1. The summed E-state index contributed by atoms with van der Waals surface area (Å²) in [6.07, 6.45) is 2.82. The zero-order valence-corrected chi connectivity index (χ0v) is 9.44. The van der Waals surface area contributed by atoms with Crippen molar-refractivity contribution in [2.45, 2.75) is 38.2 Å². The highest BCUT2D eigenvalue weighted by molar-refractivity contribution is 5.78. The molecule has 1 heterocycles. The van der Waals surface area contributed by atoms with Crippen LogP contribution >= 0.6 is 0 Å². The lowest BCUT2D eigenvalue weighted by atomic mass is 10.0. The number of benzene rings is 1.